The predicted octanol–water partition coefficient (Wildman–Crippen LogP) is 2.15. The van der Waals surface area contributed by atoms with Crippen LogP contribution in [0.3, 0.4) is 0 Å². The van der Waals surface area contributed by atoms with Gasteiger partial charge in [-0.15, -0.1) is 0 Å². The van der Waals surface area contributed by atoms with Crippen molar-refractivity contribution in [3.8, 4) is 22.6 Å². The molecule has 0 spiro atoms. The summed E-state index contributed by atoms with van der Waals surface area (Å²) >= 11 is 0. The van der Waals surface area contributed by atoms with E-state index in [9.17, 15) is 14.7 Å². The third kappa shape index (κ3) is 4.31. The molecule has 1 aliphatic heterocycles. The number of ether oxygens (including phenoxy) is 1. The fourth-order valence-electron chi connectivity index (χ4n) is 3.21. The summed E-state index contributed by atoms with van der Waals surface area (Å²) in [6.45, 7) is 3.23. The van der Waals surface area contributed by atoms with Crippen LogP contribution in [0, 0.1) is 6.92 Å². The van der Waals surface area contributed by atoms with Crippen molar-refractivity contribution in [2.24, 2.45) is 5.73 Å². The summed E-state index contributed by atoms with van der Waals surface area (Å²) < 4.78 is 5.69. The van der Waals surface area contributed by atoms with Gasteiger partial charge in [0.2, 0.25) is 5.91 Å². The molecule has 7 nitrogen and oxygen atoms in total. The number of rotatable bonds is 4. The highest BCUT2D eigenvalue weighted by Gasteiger charge is 2.23. The zero-order valence-electron chi connectivity index (χ0n) is 15.2. The van der Waals surface area contributed by atoms with Gasteiger partial charge in [0, 0.05) is 25.1 Å². The number of amides is 3. The number of phenolic OH excluding ortho intramolecular Hbond substituents is 1. The number of nitrogens with zero attached hydrogens (tertiary/aromatic N) is 1. The van der Waals surface area contributed by atoms with E-state index in [2.05, 4.69) is 5.32 Å². The highest BCUT2D eigenvalue weighted by Crippen LogP contribution is 2.38. The Morgan fingerprint density at radius 3 is 2.81 bits per heavy atom. The Morgan fingerprint density at radius 2 is 2.07 bits per heavy atom. The van der Waals surface area contributed by atoms with Gasteiger partial charge in [-0.2, -0.15) is 0 Å². The van der Waals surface area contributed by atoms with Crippen LogP contribution in [-0.2, 0) is 11.3 Å². The molecule has 0 fully saturated rings. The third-order valence-corrected chi connectivity index (χ3v) is 4.56. The number of nitrogens with two attached hydrogens (primary N) is 1. The number of hydrogen-bond donors (Lipinski definition) is 3. The number of carbonyl (C=O) groups is 2. The van der Waals surface area contributed by atoms with Gasteiger partial charge in [0.25, 0.3) is 0 Å². The van der Waals surface area contributed by atoms with Crippen LogP contribution in [-0.4, -0.2) is 41.6 Å². The van der Waals surface area contributed by atoms with Crippen LogP contribution in [0.15, 0.2) is 36.4 Å². The Labute approximate surface area is 157 Å². The normalized spacial score (nSPS) is 13.3. The number of nitrogens with one attached hydrogen (secondary N) is 1. The summed E-state index contributed by atoms with van der Waals surface area (Å²) in [4.78, 5) is 24.9. The van der Waals surface area contributed by atoms with Gasteiger partial charge >= 0.3 is 6.03 Å². The van der Waals surface area contributed by atoms with E-state index >= 15 is 0 Å². The Kier molecular flexibility index (Phi) is 5.49. The summed E-state index contributed by atoms with van der Waals surface area (Å²) in [5.74, 6) is 0.370. The minimum absolute atomic E-state index is 0.0652. The maximum absolute atomic E-state index is 12.5. The average Bonchev–Trinajstić information content (AvgIpc) is 2.84. The molecular weight excluding hydrogens is 346 g/mol. The molecule has 3 amide bonds. The standard InChI is InChI=1S/C20H23N3O4/c1-13-4-2-3-5-16(13)14-10-15-12-23(18(25)6-7-22-20(21)26)8-9-27-19(15)17(24)11-14/h2-5,10-11,24H,6-9,12H2,1H3,(H3,21,22,26). The van der Waals surface area contributed by atoms with Crippen molar-refractivity contribution >= 4 is 11.9 Å². The lowest BCUT2D eigenvalue weighted by Crippen LogP contribution is -2.36. The van der Waals surface area contributed by atoms with Gasteiger partial charge in [-0.3, -0.25) is 4.79 Å². The largest absolute Gasteiger partial charge is 0.504 e. The van der Waals surface area contributed by atoms with E-state index in [0.717, 1.165) is 22.3 Å². The molecule has 0 bridgehead atoms. The lowest BCUT2D eigenvalue weighted by Gasteiger charge is -2.20. The van der Waals surface area contributed by atoms with E-state index in [4.69, 9.17) is 10.5 Å². The maximum Gasteiger partial charge on any atom is 0.312 e. The van der Waals surface area contributed by atoms with Gasteiger partial charge in [-0.05, 0) is 35.7 Å². The van der Waals surface area contributed by atoms with E-state index in [1.807, 2.05) is 37.3 Å². The summed E-state index contributed by atoms with van der Waals surface area (Å²) in [5, 5.41) is 12.9. The zero-order chi connectivity index (χ0) is 19.4. The van der Waals surface area contributed by atoms with Gasteiger partial charge in [0.05, 0.1) is 6.54 Å². The first kappa shape index (κ1) is 18.6. The van der Waals surface area contributed by atoms with Crippen molar-refractivity contribution < 1.29 is 19.4 Å². The van der Waals surface area contributed by atoms with Crippen LogP contribution >= 0.6 is 0 Å². The number of hydrogen-bond acceptors (Lipinski definition) is 4. The second-order valence-electron chi connectivity index (χ2n) is 6.50. The molecule has 0 saturated carbocycles. The summed E-state index contributed by atoms with van der Waals surface area (Å²) in [5.41, 5.74) is 8.76. The molecule has 7 heteroatoms. The first-order valence-corrected chi connectivity index (χ1v) is 8.81. The molecule has 0 radical (unpaired) electrons. The lowest BCUT2D eigenvalue weighted by molar-refractivity contribution is -0.131. The van der Waals surface area contributed by atoms with E-state index in [1.165, 1.54) is 0 Å². The molecule has 1 aliphatic rings. The number of phenols is 1. The fourth-order valence-corrected chi connectivity index (χ4v) is 3.21. The summed E-state index contributed by atoms with van der Waals surface area (Å²) in [7, 11) is 0. The first-order chi connectivity index (χ1) is 13.0. The number of carbonyl (C=O) groups excluding carboxylic acids is 2. The Bertz CT molecular complexity index is 866. The number of fused-ring (bicyclic) bond motifs is 1. The average molecular weight is 369 g/mol. The maximum atomic E-state index is 12.5. The molecule has 2 aromatic carbocycles. The lowest BCUT2D eigenvalue weighted by atomic mass is 9.98. The molecule has 0 atom stereocenters. The van der Waals surface area contributed by atoms with Crippen molar-refractivity contribution in [3.05, 3.63) is 47.5 Å². The van der Waals surface area contributed by atoms with Crippen LogP contribution < -0.4 is 15.8 Å². The van der Waals surface area contributed by atoms with Gasteiger partial charge in [-0.25, -0.2) is 4.79 Å². The molecular formula is C20H23N3O4. The van der Waals surface area contributed by atoms with Crippen molar-refractivity contribution in [3.63, 3.8) is 0 Å². The minimum Gasteiger partial charge on any atom is -0.504 e. The second-order valence-corrected chi connectivity index (χ2v) is 6.50. The quantitative estimate of drug-likeness (QED) is 0.768. The molecule has 4 N–H and O–H groups in total. The Morgan fingerprint density at radius 1 is 1.30 bits per heavy atom. The number of urea groups is 1. The van der Waals surface area contributed by atoms with Crippen molar-refractivity contribution in [2.45, 2.75) is 19.9 Å². The predicted molar refractivity (Wildman–Crippen MR) is 101 cm³/mol. The van der Waals surface area contributed by atoms with Gasteiger partial charge in [-0.1, -0.05) is 24.3 Å². The Balaban J connectivity index is 1.85. The highest BCUT2D eigenvalue weighted by molar-refractivity contribution is 5.78. The topological polar surface area (TPSA) is 105 Å². The summed E-state index contributed by atoms with van der Waals surface area (Å²) in [6, 6.07) is 10.9. The van der Waals surface area contributed by atoms with Crippen molar-refractivity contribution in [1.29, 1.82) is 0 Å². The van der Waals surface area contributed by atoms with E-state index in [-0.39, 0.29) is 24.6 Å². The van der Waals surface area contributed by atoms with E-state index in [0.29, 0.717) is 25.4 Å². The van der Waals surface area contributed by atoms with Crippen LogP contribution in [0.25, 0.3) is 11.1 Å². The molecule has 0 aliphatic carbocycles. The van der Waals surface area contributed by atoms with Gasteiger partial charge in [0.15, 0.2) is 11.5 Å². The molecule has 27 heavy (non-hydrogen) atoms. The van der Waals surface area contributed by atoms with E-state index in [1.54, 1.807) is 11.0 Å². The SMILES string of the molecule is Cc1ccccc1-c1cc(O)c2c(c1)CN(C(=O)CCNC(N)=O)CCO2. The first-order valence-electron chi connectivity index (χ1n) is 8.81. The van der Waals surface area contributed by atoms with Crippen LogP contribution in [0.1, 0.15) is 17.5 Å². The van der Waals surface area contributed by atoms with E-state index < -0.39 is 6.03 Å². The van der Waals surface area contributed by atoms with Crippen molar-refractivity contribution in [2.75, 3.05) is 19.7 Å². The zero-order valence-corrected chi connectivity index (χ0v) is 15.2. The molecule has 0 aromatic heterocycles. The monoisotopic (exact) mass is 369 g/mol. The van der Waals surface area contributed by atoms with Crippen molar-refractivity contribution in [1.82, 2.24) is 10.2 Å². The number of benzene rings is 2. The molecule has 0 unspecified atom stereocenters. The smallest absolute Gasteiger partial charge is 0.312 e. The van der Waals surface area contributed by atoms with Gasteiger partial charge < -0.3 is 25.8 Å². The number of aromatic hydroxyl groups is 1. The molecule has 2 aromatic rings. The van der Waals surface area contributed by atoms with Crippen LogP contribution in [0.5, 0.6) is 11.5 Å². The minimum atomic E-state index is -0.653. The molecule has 0 saturated heterocycles. The third-order valence-electron chi connectivity index (χ3n) is 4.56. The molecule has 1 heterocycles. The van der Waals surface area contributed by atoms with Gasteiger partial charge in [0.1, 0.15) is 6.61 Å². The summed E-state index contributed by atoms with van der Waals surface area (Å²) in [6.07, 6.45) is 0.155. The molecule has 3 rings (SSSR count). The number of primary amides is 1. The second kappa shape index (κ2) is 7.99. The Hall–Kier alpha value is -3.22. The van der Waals surface area contributed by atoms with Crippen LogP contribution in [0.4, 0.5) is 4.79 Å². The molecule has 142 valence electrons. The van der Waals surface area contributed by atoms with Crippen LogP contribution in [0.2, 0.25) is 0 Å². The number of aryl methyl sites for hydroxylation is 1. The fraction of sp³-hybridized carbons (Fsp3) is 0.300. The highest BCUT2D eigenvalue weighted by atomic mass is 16.5.